The molecule has 19 heavy (non-hydrogen) atoms. The minimum Gasteiger partial charge on any atom is -0.336 e. The van der Waals surface area contributed by atoms with Crippen LogP contribution in [0.5, 0.6) is 0 Å². The summed E-state index contributed by atoms with van der Waals surface area (Å²) in [7, 11) is 0. The molecule has 1 aromatic rings. The lowest BCUT2D eigenvalue weighted by atomic mass is 10.2. The highest BCUT2D eigenvalue weighted by atomic mass is 15.4. The summed E-state index contributed by atoms with van der Waals surface area (Å²) in [5.41, 5.74) is 4.74. The van der Waals surface area contributed by atoms with Crippen LogP contribution >= 0.6 is 0 Å². The summed E-state index contributed by atoms with van der Waals surface area (Å²) >= 11 is 0. The van der Waals surface area contributed by atoms with E-state index in [0.29, 0.717) is 12.5 Å². The van der Waals surface area contributed by atoms with Gasteiger partial charge in [-0.2, -0.15) is 0 Å². The van der Waals surface area contributed by atoms with Crippen molar-refractivity contribution in [2.24, 2.45) is 16.8 Å². The summed E-state index contributed by atoms with van der Waals surface area (Å²) in [6, 6.07) is 6.04. The Labute approximate surface area is 115 Å². The molecule has 0 aromatic carbocycles. The van der Waals surface area contributed by atoms with E-state index in [2.05, 4.69) is 41.1 Å². The maximum absolute atomic E-state index is 5.58. The van der Waals surface area contributed by atoms with Crippen LogP contribution in [-0.2, 0) is 6.54 Å². The third kappa shape index (κ3) is 5.26. The van der Waals surface area contributed by atoms with Crippen LogP contribution in [0.15, 0.2) is 23.2 Å². The lowest BCUT2D eigenvalue weighted by molar-refractivity contribution is 0.409. The number of aliphatic imine (C=N–C) groups is 1. The number of nitrogens with one attached hydrogen (secondary N) is 1. The van der Waals surface area contributed by atoms with E-state index in [1.807, 2.05) is 25.1 Å². The quantitative estimate of drug-likeness (QED) is 0.367. The van der Waals surface area contributed by atoms with Gasteiger partial charge in [-0.1, -0.05) is 19.9 Å². The Morgan fingerprint density at radius 1 is 1.47 bits per heavy atom. The van der Waals surface area contributed by atoms with Crippen molar-refractivity contribution in [3.8, 4) is 0 Å². The molecule has 0 aliphatic rings. The average molecular weight is 263 g/mol. The fourth-order valence-electron chi connectivity index (χ4n) is 1.73. The van der Waals surface area contributed by atoms with E-state index in [1.165, 1.54) is 0 Å². The van der Waals surface area contributed by atoms with Crippen LogP contribution in [-0.4, -0.2) is 28.9 Å². The van der Waals surface area contributed by atoms with Gasteiger partial charge in [0.1, 0.15) is 0 Å². The first-order valence-corrected chi connectivity index (χ1v) is 6.75. The monoisotopic (exact) mass is 263 g/mol. The molecule has 106 valence electrons. The van der Waals surface area contributed by atoms with Gasteiger partial charge in [0.25, 0.3) is 0 Å². The molecule has 0 aliphatic heterocycles. The fraction of sp³-hybridized carbons (Fsp3) is 0.571. The predicted octanol–water partition coefficient (Wildman–Crippen LogP) is 1.69. The second-order valence-corrected chi connectivity index (χ2v) is 4.99. The molecule has 0 fully saturated rings. The van der Waals surface area contributed by atoms with Crippen molar-refractivity contribution >= 4 is 5.96 Å². The standard InChI is InChI=1S/C14H25N5/c1-5-19(14(18-15)16-9-11(2)3)10-13-8-6-7-12(4)17-13/h6-8,11H,5,9-10,15H2,1-4H3,(H,16,18). The molecule has 3 N–H and O–H groups in total. The zero-order chi connectivity index (χ0) is 14.3. The Balaban J connectivity index is 2.78. The van der Waals surface area contributed by atoms with Crippen molar-refractivity contribution in [3.63, 3.8) is 0 Å². The second-order valence-electron chi connectivity index (χ2n) is 4.99. The van der Waals surface area contributed by atoms with Gasteiger partial charge in [-0.05, 0) is 31.9 Å². The molecule has 0 atom stereocenters. The number of hydrogen-bond acceptors (Lipinski definition) is 3. The number of hydrazine groups is 1. The Kier molecular flexibility index (Phi) is 6.29. The van der Waals surface area contributed by atoms with Gasteiger partial charge in [-0.25, -0.2) is 5.84 Å². The molecule has 0 aliphatic carbocycles. The van der Waals surface area contributed by atoms with Gasteiger partial charge < -0.3 is 4.90 Å². The first-order chi connectivity index (χ1) is 9.06. The fourth-order valence-corrected chi connectivity index (χ4v) is 1.73. The summed E-state index contributed by atoms with van der Waals surface area (Å²) < 4.78 is 0. The van der Waals surface area contributed by atoms with E-state index in [4.69, 9.17) is 5.84 Å². The van der Waals surface area contributed by atoms with Crippen molar-refractivity contribution in [3.05, 3.63) is 29.6 Å². The highest BCUT2D eigenvalue weighted by Gasteiger charge is 2.10. The van der Waals surface area contributed by atoms with E-state index in [0.717, 1.165) is 30.4 Å². The third-order valence-corrected chi connectivity index (χ3v) is 2.72. The summed E-state index contributed by atoms with van der Waals surface area (Å²) in [6.45, 7) is 10.6. The van der Waals surface area contributed by atoms with Crippen LogP contribution < -0.4 is 11.3 Å². The van der Waals surface area contributed by atoms with Crippen LogP contribution in [0.4, 0.5) is 0 Å². The van der Waals surface area contributed by atoms with Gasteiger partial charge in [-0.3, -0.25) is 15.4 Å². The van der Waals surface area contributed by atoms with Crippen molar-refractivity contribution in [1.82, 2.24) is 15.3 Å². The molecule has 0 saturated heterocycles. The number of aromatic nitrogens is 1. The van der Waals surface area contributed by atoms with Crippen molar-refractivity contribution in [2.75, 3.05) is 13.1 Å². The number of hydrogen-bond donors (Lipinski definition) is 2. The van der Waals surface area contributed by atoms with E-state index in [9.17, 15) is 0 Å². The Hall–Kier alpha value is -1.62. The summed E-state index contributed by atoms with van der Waals surface area (Å²) in [6.07, 6.45) is 0. The van der Waals surface area contributed by atoms with Crippen LogP contribution in [0.1, 0.15) is 32.2 Å². The molecule has 0 amide bonds. The Morgan fingerprint density at radius 2 is 2.21 bits per heavy atom. The number of pyridine rings is 1. The van der Waals surface area contributed by atoms with Crippen LogP contribution in [0, 0.1) is 12.8 Å². The van der Waals surface area contributed by atoms with E-state index in [1.54, 1.807) is 0 Å². The number of aryl methyl sites for hydroxylation is 1. The van der Waals surface area contributed by atoms with Gasteiger partial charge >= 0.3 is 0 Å². The van der Waals surface area contributed by atoms with Crippen LogP contribution in [0.2, 0.25) is 0 Å². The zero-order valence-corrected chi connectivity index (χ0v) is 12.3. The molecule has 5 nitrogen and oxygen atoms in total. The van der Waals surface area contributed by atoms with Crippen molar-refractivity contribution in [1.29, 1.82) is 0 Å². The molecule has 0 saturated carbocycles. The topological polar surface area (TPSA) is 66.5 Å². The van der Waals surface area contributed by atoms with E-state index >= 15 is 0 Å². The second kappa shape index (κ2) is 7.74. The molecule has 0 unspecified atom stereocenters. The Bertz CT molecular complexity index is 414. The minimum atomic E-state index is 0.513. The highest BCUT2D eigenvalue weighted by Crippen LogP contribution is 2.04. The predicted molar refractivity (Wildman–Crippen MR) is 79.5 cm³/mol. The molecular formula is C14H25N5. The van der Waals surface area contributed by atoms with E-state index in [-0.39, 0.29) is 0 Å². The maximum Gasteiger partial charge on any atom is 0.208 e. The van der Waals surface area contributed by atoms with Gasteiger partial charge in [0.15, 0.2) is 0 Å². The summed E-state index contributed by atoms with van der Waals surface area (Å²) in [5, 5.41) is 0. The molecule has 5 heteroatoms. The molecule has 0 bridgehead atoms. The molecule has 1 rings (SSSR count). The highest BCUT2D eigenvalue weighted by molar-refractivity contribution is 5.79. The zero-order valence-electron chi connectivity index (χ0n) is 12.3. The first-order valence-electron chi connectivity index (χ1n) is 6.75. The van der Waals surface area contributed by atoms with Crippen LogP contribution in [0.3, 0.4) is 0 Å². The Morgan fingerprint density at radius 3 is 2.74 bits per heavy atom. The van der Waals surface area contributed by atoms with Crippen LogP contribution in [0.25, 0.3) is 0 Å². The molecule has 0 radical (unpaired) electrons. The largest absolute Gasteiger partial charge is 0.336 e. The average Bonchev–Trinajstić information content (AvgIpc) is 2.37. The first kappa shape index (κ1) is 15.4. The smallest absolute Gasteiger partial charge is 0.208 e. The van der Waals surface area contributed by atoms with Gasteiger partial charge in [0.05, 0.1) is 12.2 Å². The van der Waals surface area contributed by atoms with E-state index < -0.39 is 0 Å². The normalized spacial score (nSPS) is 11.8. The number of guanidine groups is 1. The minimum absolute atomic E-state index is 0.513. The van der Waals surface area contributed by atoms with Gasteiger partial charge in [0.2, 0.25) is 5.96 Å². The van der Waals surface area contributed by atoms with Crippen molar-refractivity contribution in [2.45, 2.75) is 34.2 Å². The number of nitrogens with zero attached hydrogens (tertiary/aromatic N) is 3. The third-order valence-electron chi connectivity index (χ3n) is 2.72. The molecule has 1 aromatic heterocycles. The number of nitrogens with two attached hydrogens (primary N) is 1. The molecule has 1 heterocycles. The molecule has 0 spiro atoms. The lowest BCUT2D eigenvalue weighted by Crippen LogP contribution is -2.44. The SMILES string of the molecule is CCN(Cc1cccc(C)n1)C(=NCC(C)C)NN. The van der Waals surface area contributed by atoms with Gasteiger partial charge in [-0.15, -0.1) is 0 Å². The molecular weight excluding hydrogens is 238 g/mol. The number of rotatable bonds is 5. The summed E-state index contributed by atoms with van der Waals surface area (Å²) in [4.78, 5) is 11.1. The maximum atomic E-state index is 5.58. The summed E-state index contributed by atoms with van der Waals surface area (Å²) in [5.74, 6) is 6.81. The van der Waals surface area contributed by atoms with Gasteiger partial charge in [0, 0.05) is 18.8 Å². The van der Waals surface area contributed by atoms with Crippen molar-refractivity contribution < 1.29 is 0 Å². The lowest BCUT2D eigenvalue weighted by Gasteiger charge is -2.24.